The van der Waals surface area contributed by atoms with Gasteiger partial charge in [0.15, 0.2) is 0 Å². The lowest BCUT2D eigenvalue weighted by molar-refractivity contribution is -0.137. The molecule has 0 amide bonds. The molecule has 0 saturated carbocycles. The van der Waals surface area contributed by atoms with E-state index >= 15 is 0 Å². The lowest BCUT2D eigenvalue weighted by atomic mass is 10.2. The van der Waals surface area contributed by atoms with Crippen LogP contribution in [-0.2, 0) is 6.18 Å². The first-order valence-electron chi connectivity index (χ1n) is 3.94. The van der Waals surface area contributed by atoms with Crippen LogP contribution in [0, 0.1) is 0 Å². The van der Waals surface area contributed by atoms with E-state index in [1.165, 1.54) is 6.07 Å². The topological polar surface area (TPSA) is 44.2 Å². The largest absolute Gasteiger partial charge is 0.492 e. The van der Waals surface area contributed by atoms with Crippen molar-refractivity contribution in [2.75, 3.05) is 6.61 Å². The Morgan fingerprint density at radius 1 is 1.33 bits per heavy atom. The number of hydrogen-bond donors (Lipinski definition) is 1. The van der Waals surface area contributed by atoms with E-state index in [2.05, 4.69) is 0 Å². The number of halogens is 4. The summed E-state index contributed by atoms with van der Waals surface area (Å²) in [4.78, 5) is 0. The second-order valence-corrected chi connectivity index (χ2v) is 2.98. The van der Waals surface area contributed by atoms with E-state index in [1.54, 1.807) is 6.92 Å². The molecule has 1 aromatic rings. The number of benzene rings is 1. The zero-order chi connectivity index (χ0) is 10.8. The summed E-state index contributed by atoms with van der Waals surface area (Å²) in [5, 5.41) is 0.180. The summed E-state index contributed by atoms with van der Waals surface area (Å²) in [5.74, 6) is 0.0593. The normalized spacial score (nSPS) is 10.7. The molecule has 0 radical (unpaired) electrons. The van der Waals surface area contributed by atoms with Gasteiger partial charge in [-0.3, -0.25) is 0 Å². The maximum absolute atomic E-state index is 12.2. The summed E-state index contributed by atoms with van der Waals surface area (Å²) in [6.45, 7) is 1.96. The molecule has 6 heteroatoms. The molecule has 0 aliphatic heterocycles. The molecule has 1 rings (SSSR count). The fourth-order valence-electron chi connectivity index (χ4n) is 0.946. The molecular weight excluding hydrogens is 231 g/mol. The van der Waals surface area contributed by atoms with Crippen molar-refractivity contribution in [2.24, 2.45) is 0 Å². The monoisotopic (exact) mass is 241 g/mol. The molecule has 0 spiro atoms. The standard InChI is InChI=1S/C9H8ClF3O.H3N/c1-2-14-8-5-6(9(11,12)13)3-4-7(8)10;/h3-5H,2H2,1H3;1H3. The van der Waals surface area contributed by atoms with Gasteiger partial charge in [0.1, 0.15) is 5.75 Å². The summed E-state index contributed by atoms with van der Waals surface area (Å²) in [6, 6.07) is 2.99. The molecule has 2 nitrogen and oxygen atoms in total. The third-order valence-electron chi connectivity index (χ3n) is 1.56. The summed E-state index contributed by atoms with van der Waals surface area (Å²) in [6.07, 6.45) is -4.36. The van der Waals surface area contributed by atoms with Crippen LogP contribution in [0.1, 0.15) is 12.5 Å². The fourth-order valence-corrected chi connectivity index (χ4v) is 1.12. The average molecular weight is 242 g/mol. The minimum absolute atomic E-state index is 0. The van der Waals surface area contributed by atoms with Crippen molar-refractivity contribution in [2.45, 2.75) is 13.1 Å². The molecule has 0 heterocycles. The maximum Gasteiger partial charge on any atom is 0.416 e. The first-order chi connectivity index (χ1) is 6.45. The summed E-state index contributed by atoms with van der Waals surface area (Å²) < 4.78 is 41.7. The zero-order valence-electron chi connectivity index (χ0n) is 8.07. The first-order valence-corrected chi connectivity index (χ1v) is 4.32. The number of hydrogen-bond acceptors (Lipinski definition) is 2. The van der Waals surface area contributed by atoms with Crippen LogP contribution in [0.5, 0.6) is 5.75 Å². The first kappa shape index (κ1) is 14.1. The molecule has 3 N–H and O–H groups in total. The van der Waals surface area contributed by atoms with Crippen LogP contribution in [0.4, 0.5) is 13.2 Å². The van der Waals surface area contributed by atoms with E-state index in [9.17, 15) is 13.2 Å². The highest BCUT2D eigenvalue weighted by molar-refractivity contribution is 6.32. The minimum Gasteiger partial charge on any atom is -0.492 e. The van der Waals surface area contributed by atoms with E-state index in [0.29, 0.717) is 0 Å². The van der Waals surface area contributed by atoms with E-state index in [0.717, 1.165) is 12.1 Å². The Labute approximate surface area is 90.6 Å². The SMILES string of the molecule is CCOc1cc(C(F)(F)F)ccc1Cl.N. The molecule has 0 aliphatic carbocycles. The van der Waals surface area contributed by atoms with E-state index < -0.39 is 11.7 Å². The smallest absolute Gasteiger partial charge is 0.416 e. The Morgan fingerprint density at radius 2 is 1.93 bits per heavy atom. The third-order valence-corrected chi connectivity index (χ3v) is 1.87. The zero-order valence-corrected chi connectivity index (χ0v) is 8.82. The van der Waals surface area contributed by atoms with Gasteiger partial charge in [-0.15, -0.1) is 0 Å². The Kier molecular flexibility index (Phi) is 4.90. The van der Waals surface area contributed by atoms with Crippen molar-refractivity contribution in [3.63, 3.8) is 0 Å². The molecule has 15 heavy (non-hydrogen) atoms. The van der Waals surface area contributed by atoms with Gasteiger partial charge in [-0.05, 0) is 25.1 Å². The van der Waals surface area contributed by atoms with Crippen LogP contribution in [0.3, 0.4) is 0 Å². The van der Waals surface area contributed by atoms with Crippen molar-refractivity contribution in [1.29, 1.82) is 0 Å². The van der Waals surface area contributed by atoms with Gasteiger partial charge in [0.25, 0.3) is 0 Å². The Bertz CT molecular complexity index is 328. The maximum atomic E-state index is 12.2. The van der Waals surface area contributed by atoms with Crippen molar-refractivity contribution in [3.05, 3.63) is 28.8 Å². The second-order valence-electron chi connectivity index (χ2n) is 2.58. The van der Waals surface area contributed by atoms with Crippen molar-refractivity contribution in [1.82, 2.24) is 6.15 Å². The minimum atomic E-state index is -4.36. The molecule has 0 bridgehead atoms. The summed E-state index contributed by atoms with van der Waals surface area (Å²) >= 11 is 5.63. The van der Waals surface area contributed by atoms with Gasteiger partial charge in [-0.2, -0.15) is 13.2 Å². The Morgan fingerprint density at radius 3 is 2.40 bits per heavy atom. The van der Waals surface area contributed by atoms with E-state index in [4.69, 9.17) is 16.3 Å². The van der Waals surface area contributed by atoms with Gasteiger partial charge < -0.3 is 10.9 Å². The van der Waals surface area contributed by atoms with Gasteiger partial charge in [-0.1, -0.05) is 11.6 Å². The predicted octanol–water partition coefficient (Wildman–Crippen LogP) is 3.92. The van der Waals surface area contributed by atoms with Crippen molar-refractivity contribution < 1.29 is 17.9 Å². The Hall–Kier alpha value is -0.940. The number of rotatable bonds is 2. The molecule has 1 aromatic carbocycles. The molecule has 86 valence electrons. The molecule has 0 aromatic heterocycles. The van der Waals surface area contributed by atoms with Gasteiger partial charge in [0, 0.05) is 0 Å². The van der Waals surface area contributed by atoms with E-state index in [-0.39, 0.29) is 23.5 Å². The van der Waals surface area contributed by atoms with Crippen molar-refractivity contribution in [3.8, 4) is 5.75 Å². The van der Waals surface area contributed by atoms with Gasteiger partial charge in [0.2, 0.25) is 0 Å². The van der Waals surface area contributed by atoms with Crippen LogP contribution >= 0.6 is 11.6 Å². The number of ether oxygens (including phenoxy) is 1. The molecule has 0 aliphatic rings. The van der Waals surface area contributed by atoms with Crippen molar-refractivity contribution >= 4 is 11.6 Å². The highest BCUT2D eigenvalue weighted by atomic mass is 35.5. The Balaban J connectivity index is 0.00000196. The highest BCUT2D eigenvalue weighted by Gasteiger charge is 2.31. The molecule has 0 atom stereocenters. The van der Waals surface area contributed by atoms with E-state index in [1.807, 2.05) is 0 Å². The van der Waals surface area contributed by atoms with Gasteiger partial charge >= 0.3 is 6.18 Å². The van der Waals surface area contributed by atoms with Crippen LogP contribution in [0.25, 0.3) is 0 Å². The molecule has 0 unspecified atom stereocenters. The van der Waals surface area contributed by atoms with Crippen LogP contribution in [0.15, 0.2) is 18.2 Å². The fraction of sp³-hybridized carbons (Fsp3) is 0.333. The highest BCUT2D eigenvalue weighted by Crippen LogP contribution is 2.34. The summed E-state index contributed by atoms with van der Waals surface area (Å²) in [5.41, 5.74) is -0.759. The molecule has 0 fully saturated rings. The third kappa shape index (κ3) is 3.60. The van der Waals surface area contributed by atoms with Gasteiger partial charge in [-0.25, -0.2) is 0 Å². The van der Waals surface area contributed by atoms with Crippen LogP contribution < -0.4 is 10.9 Å². The lowest BCUT2D eigenvalue weighted by Gasteiger charge is -2.10. The number of alkyl halides is 3. The average Bonchev–Trinajstić information content (AvgIpc) is 2.07. The predicted molar refractivity (Wildman–Crippen MR) is 52.6 cm³/mol. The molecular formula is C9H11ClF3NO. The quantitative estimate of drug-likeness (QED) is 0.853. The van der Waals surface area contributed by atoms with Crippen LogP contribution in [0.2, 0.25) is 5.02 Å². The second kappa shape index (κ2) is 5.23. The van der Waals surface area contributed by atoms with Crippen LogP contribution in [-0.4, -0.2) is 6.61 Å². The van der Waals surface area contributed by atoms with Gasteiger partial charge in [0.05, 0.1) is 17.2 Å². The lowest BCUT2D eigenvalue weighted by Crippen LogP contribution is -2.05. The summed E-state index contributed by atoms with van der Waals surface area (Å²) in [7, 11) is 0. The molecule has 0 saturated heterocycles.